The van der Waals surface area contributed by atoms with Crippen molar-refractivity contribution >= 4 is 5.91 Å². The number of benzene rings is 1. The number of rotatable bonds is 7. The molecule has 3 aromatic rings. The van der Waals surface area contributed by atoms with E-state index in [-0.39, 0.29) is 18.1 Å². The summed E-state index contributed by atoms with van der Waals surface area (Å²) in [6.07, 6.45) is 1.62. The number of methoxy groups -OCH3 is 3. The number of carbonyl (C=O) groups excluding carboxylic acids is 1. The zero-order chi connectivity index (χ0) is 19.2. The van der Waals surface area contributed by atoms with E-state index in [0.29, 0.717) is 28.7 Å². The number of nitrogens with zero attached hydrogens (tertiary/aromatic N) is 2. The second kappa shape index (κ2) is 8.22. The maximum Gasteiger partial charge on any atom is 0.273 e. The highest BCUT2D eigenvalue weighted by Gasteiger charge is 2.17. The largest absolute Gasteiger partial charge is 0.497 e. The van der Waals surface area contributed by atoms with Gasteiger partial charge in [0.1, 0.15) is 11.5 Å². The van der Waals surface area contributed by atoms with Crippen LogP contribution in [0, 0.1) is 0 Å². The summed E-state index contributed by atoms with van der Waals surface area (Å²) in [6, 6.07) is 10.4. The molecular formula is C19H19N3O5. The lowest BCUT2D eigenvalue weighted by Crippen LogP contribution is -2.23. The Balaban J connectivity index is 1.76. The van der Waals surface area contributed by atoms with Gasteiger partial charge in [0.2, 0.25) is 5.88 Å². The molecule has 0 aliphatic rings. The monoisotopic (exact) mass is 369 g/mol. The van der Waals surface area contributed by atoms with E-state index < -0.39 is 0 Å². The molecule has 140 valence electrons. The fourth-order valence-electron chi connectivity index (χ4n) is 2.52. The van der Waals surface area contributed by atoms with Crippen LogP contribution in [-0.4, -0.2) is 37.4 Å². The van der Waals surface area contributed by atoms with Crippen LogP contribution in [-0.2, 0) is 6.54 Å². The second-order valence-electron chi connectivity index (χ2n) is 5.50. The fraction of sp³-hybridized carbons (Fsp3) is 0.211. The highest BCUT2D eigenvalue weighted by atomic mass is 16.5. The summed E-state index contributed by atoms with van der Waals surface area (Å²) >= 11 is 0. The molecule has 0 aliphatic carbocycles. The maximum atomic E-state index is 12.4. The molecule has 1 N–H and O–H groups in total. The molecule has 1 amide bonds. The average molecular weight is 369 g/mol. The Morgan fingerprint density at radius 3 is 2.70 bits per heavy atom. The summed E-state index contributed by atoms with van der Waals surface area (Å²) in [5.41, 5.74) is 1.54. The van der Waals surface area contributed by atoms with Crippen LogP contribution >= 0.6 is 0 Å². The first-order valence-corrected chi connectivity index (χ1v) is 8.11. The van der Waals surface area contributed by atoms with E-state index in [1.807, 2.05) is 6.07 Å². The molecule has 0 radical (unpaired) electrons. The smallest absolute Gasteiger partial charge is 0.273 e. The Morgan fingerprint density at radius 2 is 1.96 bits per heavy atom. The number of nitrogens with one attached hydrogen (secondary N) is 1. The lowest BCUT2D eigenvalue weighted by molar-refractivity contribution is 0.0941. The number of hydrogen-bond donors (Lipinski definition) is 1. The molecule has 0 fully saturated rings. The first kappa shape index (κ1) is 18.2. The van der Waals surface area contributed by atoms with Gasteiger partial charge in [-0.25, -0.2) is 4.98 Å². The van der Waals surface area contributed by atoms with Gasteiger partial charge in [0.25, 0.3) is 5.91 Å². The fourth-order valence-corrected chi connectivity index (χ4v) is 2.52. The molecule has 2 heterocycles. The number of amides is 1. The van der Waals surface area contributed by atoms with Gasteiger partial charge in [-0.2, -0.15) is 0 Å². The van der Waals surface area contributed by atoms with Gasteiger partial charge in [0.05, 0.1) is 26.9 Å². The second-order valence-corrected chi connectivity index (χ2v) is 5.50. The number of hydrogen-bond acceptors (Lipinski definition) is 7. The van der Waals surface area contributed by atoms with Gasteiger partial charge >= 0.3 is 0 Å². The minimum Gasteiger partial charge on any atom is -0.497 e. The average Bonchev–Trinajstić information content (AvgIpc) is 3.21. The van der Waals surface area contributed by atoms with E-state index in [4.69, 9.17) is 18.7 Å². The molecule has 1 aromatic carbocycles. The van der Waals surface area contributed by atoms with Crippen molar-refractivity contribution in [3.63, 3.8) is 0 Å². The predicted octanol–water partition coefficient (Wildman–Crippen LogP) is 2.69. The molecule has 0 saturated carbocycles. The Morgan fingerprint density at radius 1 is 1.11 bits per heavy atom. The van der Waals surface area contributed by atoms with Crippen LogP contribution < -0.4 is 19.5 Å². The SMILES string of the molecule is COc1ccc(OC)c(-c2cc(C(=O)NCc3cccnc3OC)no2)c1. The zero-order valence-corrected chi connectivity index (χ0v) is 15.2. The normalized spacial score (nSPS) is 10.3. The molecule has 27 heavy (non-hydrogen) atoms. The summed E-state index contributed by atoms with van der Waals surface area (Å²) in [4.78, 5) is 16.5. The highest BCUT2D eigenvalue weighted by molar-refractivity contribution is 5.93. The molecule has 0 saturated heterocycles. The lowest BCUT2D eigenvalue weighted by atomic mass is 10.1. The van der Waals surface area contributed by atoms with Crippen LogP contribution in [0.5, 0.6) is 17.4 Å². The van der Waals surface area contributed by atoms with Crippen molar-refractivity contribution in [2.45, 2.75) is 6.54 Å². The molecule has 8 nitrogen and oxygen atoms in total. The third kappa shape index (κ3) is 4.00. The maximum absolute atomic E-state index is 12.4. The number of ether oxygens (including phenoxy) is 3. The standard InChI is InChI=1S/C19H19N3O5/c1-24-13-6-7-16(25-2)14(9-13)17-10-15(22-27-17)18(23)21-11-12-5-4-8-20-19(12)26-3/h4-10H,11H2,1-3H3,(H,21,23). The van der Waals surface area contributed by atoms with E-state index in [1.165, 1.54) is 7.11 Å². The van der Waals surface area contributed by atoms with Gasteiger partial charge < -0.3 is 24.1 Å². The van der Waals surface area contributed by atoms with E-state index in [9.17, 15) is 4.79 Å². The Kier molecular flexibility index (Phi) is 5.55. The van der Waals surface area contributed by atoms with Crippen LogP contribution in [0.25, 0.3) is 11.3 Å². The first-order chi connectivity index (χ1) is 13.2. The van der Waals surface area contributed by atoms with Crippen LogP contribution in [0.2, 0.25) is 0 Å². The van der Waals surface area contributed by atoms with Crippen molar-refractivity contribution in [2.24, 2.45) is 0 Å². The minimum atomic E-state index is -0.377. The molecule has 8 heteroatoms. The molecule has 0 aliphatic heterocycles. The van der Waals surface area contributed by atoms with Crippen LogP contribution in [0.3, 0.4) is 0 Å². The van der Waals surface area contributed by atoms with E-state index >= 15 is 0 Å². The summed E-state index contributed by atoms with van der Waals surface area (Å²) in [5, 5.41) is 6.62. The highest BCUT2D eigenvalue weighted by Crippen LogP contribution is 2.33. The molecule has 0 unspecified atom stereocenters. The topological polar surface area (TPSA) is 95.7 Å². The Bertz CT molecular complexity index is 939. The van der Waals surface area contributed by atoms with Crippen molar-refractivity contribution in [1.29, 1.82) is 0 Å². The third-order valence-corrected chi connectivity index (χ3v) is 3.90. The summed E-state index contributed by atoms with van der Waals surface area (Å²) in [5.74, 6) is 1.70. The number of aromatic nitrogens is 2. The van der Waals surface area contributed by atoms with Gasteiger partial charge in [-0.05, 0) is 24.3 Å². The molecule has 3 rings (SSSR count). The molecule has 0 bridgehead atoms. The molecule has 0 atom stereocenters. The lowest BCUT2D eigenvalue weighted by Gasteiger charge is -2.07. The van der Waals surface area contributed by atoms with Gasteiger partial charge in [-0.15, -0.1) is 0 Å². The number of carbonyl (C=O) groups is 1. The first-order valence-electron chi connectivity index (χ1n) is 8.11. The Labute approximate surface area is 156 Å². The van der Waals surface area contributed by atoms with Crippen molar-refractivity contribution in [1.82, 2.24) is 15.5 Å². The summed E-state index contributed by atoms with van der Waals surface area (Å²) in [7, 11) is 4.65. The van der Waals surface area contributed by atoms with Gasteiger partial charge in [0.15, 0.2) is 11.5 Å². The zero-order valence-electron chi connectivity index (χ0n) is 15.2. The number of pyridine rings is 1. The van der Waals surface area contributed by atoms with Crippen LogP contribution in [0.1, 0.15) is 16.1 Å². The quantitative estimate of drug-likeness (QED) is 0.684. The van der Waals surface area contributed by atoms with Gasteiger partial charge in [0, 0.05) is 24.4 Å². The van der Waals surface area contributed by atoms with Crippen molar-refractivity contribution < 1.29 is 23.5 Å². The van der Waals surface area contributed by atoms with Crippen molar-refractivity contribution in [2.75, 3.05) is 21.3 Å². The molecule has 0 spiro atoms. The van der Waals surface area contributed by atoms with E-state index in [1.54, 1.807) is 50.7 Å². The van der Waals surface area contributed by atoms with Crippen molar-refractivity contribution in [3.8, 4) is 28.7 Å². The van der Waals surface area contributed by atoms with E-state index in [2.05, 4.69) is 15.5 Å². The van der Waals surface area contributed by atoms with Gasteiger partial charge in [-0.3, -0.25) is 4.79 Å². The van der Waals surface area contributed by atoms with Gasteiger partial charge in [-0.1, -0.05) is 11.2 Å². The Hall–Kier alpha value is -3.55. The third-order valence-electron chi connectivity index (χ3n) is 3.90. The summed E-state index contributed by atoms with van der Waals surface area (Å²) in [6.45, 7) is 0.251. The summed E-state index contributed by atoms with van der Waals surface area (Å²) < 4.78 is 21.1. The van der Waals surface area contributed by atoms with Crippen molar-refractivity contribution in [3.05, 3.63) is 53.9 Å². The molecular weight excluding hydrogens is 350 g/mol. The minimum absolute atomic E-state index is 0.151. The molecule has 2 aromatic heterocycles. The predicted molar refractivity (Wildman–Crippen MR) is 97.0 cm³/mol. The van der Waals surface area contributed by atoms with Crippen LogP contribution in [0.4, 0.5) is 0 Å². The van der Waals surface area contributed by atoms with Crippen LogP contribution in [0.15, 0.2) is 47.1 Å². The van der Waals surface area contributed by atoms with E-state index in [0.717, 1.165) is 5.56 Å².